The van der Waals surface area contributed by atoms with Gasteiger partial charge in [-0.15, -0.1) is 0 Å². The third-order valence-electron chi connectivity index (χ3n) is 2.77. The van der Waals surface area contributed by atoms with Crippen LogP contribution in [-0.4, -0.2) is 27.0 Å². The van der Waals surface area contributed by atoms with E-state index in [1.54, 1.807) is 17.0 Å². The Labute approximate surface area is 113 Å². The first-order chi connectivity index (χ1) is 9.15. The Morgan fingerprint density at radius 3 is 2.68 bits per heavy atom. The molecule has 0 bridgehead atoms. The summed E-state index contributed by atoms with van der Waals surface area (Å²) in [6.45, 7) is 0. The lowest BCUT2D eigenvalue weighted by Crippen LogP contribution is -2.12. The van der Waals surface area contributed by atoms with Gasteiger partial charge in [0, 0.05) is 12.7 Å². The van der Waals surface area contributed by atoms with Crippen molar-refractivity contribution in [1.29, 1.82) is 0 Å². The number of H-pyrrole nitrogens is 1. The Morgan fingerprint density at radius 2 is 1.95 bits per heavy atom. The van der Waals surface area contributed by atoms with E-state index in [9.17, 15) is 4.39 Å². The molecule has 0 amide bonds. The fraction of sp³-hybridized carbons (Fsp3) is 0.0833. The normalized spacial score (nSPS) is 10.9. The second kappa shape index (κ2) is 4.47. The van der Waals surface area contributed by atoms with Crippen LogP contribution in [0.3, 0.4) is 0 Å². The molecule has 0 unspecified atom stereocenters. The number of aromatic amines is 1. The standard InChI is InChI=1S/C12H9ClFN5/c1-19(8-4-2-7(14)3-5-8)11-9-10(16-6-15-9)17-12(13)18-11/h2-6H,1H3,(H,15,16,17,18). The first-order valence-corrected chi connectivity index (χ1v) is 5.89. The van der Waals surface area contributed by atoms with Crippen LogP contribution >= 0.6 is 11.6 Å². The molecule has 7 heteroatoms. The van der Waals surface area contributed by atoms with Crippen molar-refractivity contribution in [2.45, 2.75) is 0 Å². The number of nitrogens with zero attached hydrogens (tertiary/aromatic N) is 4. The zero-order valence-electron chi connectivity index (χ0n) is 9.93. The van der Waals surface area contributed by atoms with Gasteiger partial charge in [0.2, 0.25) is 5.28 Å². The number of hydrogen-bond donors (Lipinski definition) is 1. The molecule has 0 saturated heterocycles. The van der Waals surface area contributed by atoms with Gasteiger partial charge in [0.15, 0.2) is 11.5 Å². The van der Waals surface area contributed by atoms with Crippen LogP contribution in [-0.2, 0) is 0 Å². The van der Waals surface area contributed by atoms with Gasteiger partial charge in [-0.1, -0.05) is 0 Å². The number of fused-ring (bicyclic) bond motifs is 1. The van der Waals surface area contributed by atoms with E-state index in [1.807, 2.05) is 7.05 Å². The first-order valence-electron chi connectivity index (χ1n) is 5.51. The van der Waals surface area contributed by atoms with Crippen LogP contribution in [0.25, 0.3) is 11.2 Å². The van der Waals surface area contributed by atoms with Crippen LogP contribution in [0.1, 0.15) is 0 Å². The Hall–Kier alpha value is -2.21. The fourth-order valence-electron chi connectivity index (χ4n) is 1.82. The molecule has 3 rings (SSSR count). The van der Waals surface area contributed by atoms with Crippen LogP contribution < -0.4 is 4.90 Å². The second-order valence-corrected chi connectivity index (χ2v) is 4.29. The molecular weight excluding hydrogens is 269 g/mol. The van der Waals surface area contributed by atoms with Crippen molar-refractivity contribution >= 4 is 34.3 Å². The van der Waals surface area contributed by atoms with Crippen LogP contribution in [0.2, 0.25) is 5.28 Å². The average Bonchev–Trinajstić information content (AvgIpc) is 2.85. The van der Waals surface area contributed by atoms with Gasteiger partial charge in [-0.2, -0.15) is 9.97 Å². The molecule has 19 heavy (non-hydrogen) atoms. The molecule has 0 saturated carbocycles. The van der Waals surface area contributed by atoms with E-state index in [0.29, 0.717) is 17.0 Å². The summed E-state index contributed by atoms with van der Waals surface area (Å²) in [6.07, 6.45) is 1.53. The van der Waals surface area contributed by atoms with Gasteiger partial charge in [-0.3, -0.25) is 0 Å². The zero-order valence-corrected chi connectivity index (χ0v) is 10.7. The van der Waals surface area contributed by atoms with Crippen LogP contribution in [0, 0.1) is 5.82 Å². The molecule has 5 nitrogen and oxygen atoms in total. The number of halogens is 2. The van der Waals surface area contributed by atoms with Crippen molar-refractivity contribution in [3.63, 3.8) is 0 Å². The summed E-state index contributed by atoms with van der Waals surface area (Å²) in [5.74, 6) is 0.295. The van der Waals surface area contributed by atoms with E-state index in [-0.39, 0.29) is 11.1 Å². The lowest BCUT2D eigenvalue weighted by Gasteiger charge is -2.18. The van der Waals surface area contributed by atoms with Crippen LogP contribution in [0.15, 0.2) is 30.6 Å². The molecule has 2 heterocycles. The maximum Gasteiger partial charge on any atom is 0.226 e. The van der Waals surface area contributed by atoms with Crippen molar-refractivity contribution in [1.82, 2.24) is 19.9 Å². The summed E-state index contributed by atoms with van der Waals surface area (Å²) in [6, 6.07) is 6.10. The number of hydrogen-bond acceptors (Lipinski definition) is 4. The van der Waals surface area contributed by atoms with E-state index in [1.165, 1.54) is 18.5 Å². The second-order valence-electron chi connectivity index (χ2n) is 3.95. The molecule has 0 spiro atoms. The van der Waals surface area contributed by atoms with Gasteiger partial charge in [0.25, 0.3) is 0 Å². The molecule has 0 fully saturated rings. The predicted octanol–water partition coefficient (Wildman–Crippen LogP) is 2.91. The van der Waals surface area contributed by atoms with Crippen molar-refractivity contribution < 1.29 is 4.39 Å². The highest BCUT2D eigenvalue weighted by Crippen LogP contribution is 2.27. The number of anilines is 2. The molecule has 0 atom stereocenters. The molecule has 0 radical (unpaired) electrons. The van der Waals surface area contributed by atoms with Crippen molar-refractivity contribution in [2.75, 3.05) is 11.9 Å². The third-order valence-corrected chi connectivity index (χ3v) is 2.94. The minimum atomic E-state index is -0.287. The molecule has 96 valence electrons. The molecule has 1 N–H and O–H groups in total. The quantitative estimate of drug-likeness (QED) is 0.732. The van der Waals surface area contributed by atoms with Gasteiger partial charge >= 0.3 is 0 Å². The minimum absolute atomic E-state index is 0.114. The average molecular weight is 278 g/mol. The van der Waals surface area contributed by atoms with Gasteiger partial charge < -0.3 is 9.88 Å². The van der Waals surface area contributed by atoms with E-state index in [2.05, 4.69) is 19.9 Å². The van der Waals surface area contributed by atoms with E-state index >= 15 is 0 Å². The smallest absolute Gasteiger partial charge is 0.226 e. The molecule has 1 aromatic carbocycles. The zero-order chi connectivity index (χ0) is 13.4. The highest BCUT2D eigenvalue weighted by molar-refractivity contribution is 6.28. The summed E-state index contributed by atoms with van der Waals surface area (Å²) >= 11 is 5.87. The van der Waals surface area contributed by atoms with Crippen molar-refractivity contribution in [3.8, 4) is 0 Å². The lowest BCUT2D eigenvalue weighted by molar-refractivity contribution is 0.628. The highest BCUT2D eigenvalue weighted by Gasteiger charge is 2.14. The van der Waals surface area contributed by atoms with Crippen molar-refractivity contribution in [3.05, 3.63) is 41.7 Å². The number of benzene rings is 1. The highest BCUT2D eigenvalue weighted by atomic mass is 35.5. The van der Waals surface area contributed by atoms with Crippen LogP contribution in [0.5, 0.6) is 0 Å². The summed E-state index contributed by atoms with van der Waals surface area (Å²) in [7, 11) is 1.81. The largest absolute Gasteiger partial charge is 0.340 e. The van der Waals surface area contributed by atoms with Crippen LogP contribution in [0.4, 0.5) is 15.9 Å². The number of aromatic nitrogens is 4. The summed E-state index contributed by atoms with van der Waals surface area (Å²) < 4.78 is 12.9. The monoisotopic (exact) mass is 277 g/mol. The Bertz CT molecular complexity index is 725. The van der Waals surface area contributed by atoms with Crippen molar-refractivity contribution in [2.24, 2.45) is 0 Å². The van der Waals surface area contributed by atoms with Gasteiger partial charge in [-0.05, 0) is 35.9 Å². The SMILES string of the molecule is CN(c1ccc(F)cc1)c1nc(Cl)nc2nc[nH]c12. The molecule has 0 aliphatic heterocycles. The number of rotatable bonds is 2. The minimum Gasteiger partial charge on any atom is -0.340 e. The van der Waals surface area contributed by atoms with Gasteiger partial charge in [0.1, 0.15) is 11.3 Å². The Balaban J connectivity index is 2.12. The molecule has 3 aromatic rings. The molecule has 0 aliphatic rings. The Kier molecular flexibility index (Phi) is 2.79. The Morgan fingerprint density at radius 1 is 1.21 bits per heavy atom. The van der Waals surface area contributed by atoms with Gasteiger partial charge in [0.05, 0.1) is 6.33 Å². The van der Waals surface area contributed by atoms with E-state index < -0.39 is 0 Å². The molecule has 2 aromatic heterocycles. The summed E-state index contributed by atoms with van der Waals surface area (Å²) in [4.78, 5) is 17.0. The van der Waals surface area contributed by atoms with E-state index in [4.69, 9.17) is 11.6 Å². The number of nitrogens with one attached hydrogen (secondary N) is 1. The first kappa shape index (κ1) is 11.9. The number of imidazole rings is 1. The topological polar surface area (TPSA) is 57.7 Å². The maximum atomic E-state index is 12.9. The molecule has 0 aliphatic carbocycles. The lowest BCUT2D eigenvalue weighted by atomic mass is 10.3. The third kappa shape index (κ3) is 2.10. The predicted molar refractivity (Wildman–Crippen MR) is 71.2 cm³/mol. The summed E-state index contributed by atoms with van der Waals surface area (Å²) in [5.41, 5.74) is 1.95. The van der Waals surface area contributed by atoms with E-state index in [0.717, 1.165) is 5.69 Å². The van der Waals surface area contributed by atoms with Gasteiger partial charge in [-0.25, -0.2) is 9.37 Å². The summed E-state index contributed by atoms with van der Waals surface area (Å²) in [5, 5.41) is 0.114. The fourth-order valence-corrected chi connectivity index (χ4v) is 1.98. The molecular formula is C12H9ClFN5. The maximum absolute atomic E-state index is 12.9.